The van der Waals surface area contributed by atoms with Crippen molar-refractivity contribution in [3.8, 4) is 0 Å². The molecule has 1 heterocycles. The Labute approximate surface area is 126 Å². The van der Waals surface area contributed by atoms with Crippen molar-refractivity contribution >= 4 is 50.9 Å². The SMILES string of the molecule is Fc1ccccc1SCc1nc(Cl)c(Br)c(Cl)n1. The second-order valence-corrected chi connectivity index (χ2v) is 5.78. The summed E-state index contributed by atoms with van der Waals surface area (Å²) in [6.45, 7) is 0. The molecule has 0 bridgehead atoms. The largest absolute Gasteiger partial charge is 0.219 e. The highest BCUT2D eigenvalue weighted by Crippen LogP contribution is 2.29. The fourth-order valence-corrected chi connectivity index (χ4v) is 2.60. The van der Waals surface area contributed by atoms with Gasteiger partial charge in [-0.15, -0.1) is 11.8 Å². The Kier molecular flexibility index (Phi) is 4.84. The van der Waals surface area contributed by atoms with Crippen LogP contribution in [0.3, 0.4) is 0 Å². The molecule has 0 unspecified atom stereocenters. The van der Waals surface area contributed by atoms with E-state index in [1.807, 2.05) is 0 Å². The summed E-state index contributed by atoms with van der Waals surface area (Å²) < 4.78 is 13.9. The molecule has 0 aliphatic rings. The van der Waals surface area contributed by atoms with Crippen molar-refractivity contribution in [1.82, 2.24) is 9.97 Å². The molecular weight excluding hydrogens is 362 g/mol. The van der Waals surface area contributed by atoms with Crippen molar-refractivity contribution in [2.45, 2.75) is 10.6 Å². The van der Waals surface area contributed by atoms with Crippen LogP contribution in [-0.4, -0.2) is 9.97 Å². The minimum atomic E-state index is -0.267. The Hall–Kier alpha value is -0.360. The molecule has 2 nitrogen and oxygen atoms in total. The van der Waals surface area contributed by atoms with E-state index in [-0.39, 0.29) is 16.1 Å². The Morgan fingerprint density at radius 3 is 2.39 bits per heavy atom. The molecule has 94 valence electrons. The predicted molar refractivity (Wildman–Crippen MR) is 75.7 cm³/mol. The lowest BCUT2D eigenvalue weighted by molar-refractivity contribution is 0.602. The van der Waals surface area contributed by atoms with Crippen LogP contribution in [0.15, 0.2) is 33.6 Å². The van der Waals surface area contributed by atoms with Gasteiger partial charge in [-0.2, -0.15) is 0 Å². The quantitative estimate of drug-likeness (QED) is 0.565. The summed E-state index contributed by atoms with van der Waals surface area (Å²) >= 11 is 16.2. The van der Waals surface area contributed by atoms with E-state index in [0.717, 1.165) is 0 Å². The first-order valence-electron chi connectivity index (χ1n) is 4.82. The second-order valence-electron chi connectivity index (χ2n) is 3.25. The summed E-state index contributed by atoms with van der Waals surface area (Å²) in [5.74, 6) is 0.589. The highest BCUT2D eigenvalue weighted by molar-refractivity contribution is 9.10. The molecule has 0 saturated carbocycles. The summed E-state index contributed by atoms with van der Waals surface area (Å²) in [7, 11) is 0. The van der Waals surface area contributed by atoms with E-state index in [2.05, 4.69) is 25.9 Å². The van der Waals surface area contributed by atoms with Gasteiger partial charge in [0.05, 0.1) is 10.2 Å². The third-order valence-corrected chi connectivity index (χ3v) is 4.81. The Morgan fingerprint density at radius 1 is 1.17 bits per heavy atom. The predicted octanol–water partition coefficient (Wildman–Crippen LogP) is 4.98. The zero-order chi connectivity index (χ0) is 13.1. The fraction of sp³-hybridized carbons (Fsp3) is 0.0909. The van der Waals surface area contributed by atoms with Crippen LogP contribution in [0.5, 0.6) is 0 Å². The van der Waals surface area contributed by atoms with E-state index in [1.54, 1.807) is 18.2 Å². The Bertz CT molecular complexity index is 560. The standard InChI is InChI=1S/C11H6BrCl2FN2S/c12-9-10(13)16-8(17-11(9)14)5-18-7-4-2-1-3-6(7)15/h1-4H,5H2. The van der Waals surface area contributed by atoms with Crippen LogP contribution in [-0.2, 0) is 5.75 Å². The number of nitrogens with zero attached hydrogens (tertiary/aromatic N) is 2. The topological polar surface area (TPSA) is 25.8 Å². The van der Waals surface area contributed by atoms with Crippen LogP contribution in [0, 0.1) is 5.82 Å². The van der Waals surface area contributed by atoms with Gasteiger partial charge in [-0.1, -0.05) is 35.3 Å². The fourth-order valence-electron chi connectivity index (χ4n) is 1.20. The van der Waals surface area contributed by atoms with Gasteiger partial charge < -0.3 is 0 Å². The van der Waals surface area contributed by atoms with Crippen LogP contribution in [0.1, 0.15) is 5.82 Å². The zero-order valence-electron chi connectivity index (χ0n) is 8.83. The van der Waals surface area contributed by atoms with Gasteiger partial charge in [-0.3, -0.25) is 0 Å². The van der Waals surface area contributed by atoms with Crippen LogP contribution in [0.2, 0.25) is 10.3 Å². The van der Waals surface area contributed by atoms with Gasteiger partial charge in [-0.05, 0) is 28.1 Å². The molecule has 0 saturated heterocycles. The maximum absolute atomic E-state index is 13.4. The van der Waals surface area contributed by atoms with Gasteiger partial charge in [0.2, 0.25) is 0 Å². The minimum absolute atomic E-state index is 0.249. The number of hydrogen-bond acceptors (Lipinski definition) is 3. The van der Waals surface area contributed by atoms with E-state index >= 15 is 0 Å². The lowest BCUT2D eigenvalue weighted by Crippen LogP contribution is -1.95. The third-order valence-electron chi connectivity index (χ3n) is 2.01. The van der Waals surface area contributed by atoms with Crippen LogP contribution in [0.4, 0.5) is 4.39 Å². The van der Waals surface area contributed by atoms with E-state index in [9.17, 15) is 4.39 Å². The molecule has 1 aromatic heterocycles. The highest BCUT2D eigenvalue weighted by atomic mass is 79.9. The van der Waals surface area contributed by atoms with Crippen LogP contribution >= 0.6 is 50.9 Å². The van der Waals surface area contributed by atoms with Crippen molar-refractivity contribution < 1.29 is 4.39 Å². The first kappa shape index (κ1) is 14.1. The molecule has 0 aliphatic heterocycles. The van der Waals surface area contributed by atoms with Gasteiger partial charge in [0.1, 0.15) is 21.9 Å². The number of hydrogen-bond donors (Lipinski definition) is 0. The lowest BCUT2D eigenvalue weighted by Gasteiger charge is -2.04. The molecule has 2 aromatic rings. The first-order valence-corrected chi connectivity index (χ1v) is 7.36. The van der Waals surface area contributed by atoms with Crippen molar-refractivity contribution in [1.29, 1.82) is 0 Å². The molecular formula is C11H6BrCl2FN2S. The lowest BCUT2D eigenvalue weighted by atomic mass is 10.3. The van der Waals surface area contributed by atoms with E-state index in [0.29, 0.717) is 20.9 Å². The summed E-state index contributed by atoms with van der Waals surface area (Å²) in [6, 6.07) is 6.52. The smallest absolute Gasteiger partial charge is 0.148 e. The van der Waals surface area contributed by atoms with Gasteiger partial charge in [0, 0.05) is 4.90 Å². The van der Waals surface area contributed by atoms with Crippen molar-refractivity contribution in [2.24, 2.45) is 0 Å². The number of halogens is 4. The van der Waals surface area contributed by atoms with E-state index in [4.69, 9.17) is 23.2 Å². The van der Waals surface area contributed by atoms with Crippen molar-refractivity contribution in [3.05, 3.63) is 50.7 Å². The summed E-state index contributed by atoms with van der Waals surface area (Å²) in [5.41, 5.74) is 0. The molecule has 18 heavy (non-hydrogen) atoms. The first-order chi connectivity index (χ1) is 8.58. The molecule has 7 heteroatoms. The average Bonchev–Trinajstić information content (AvgIpc) is 2.35. The number of rotatable bonds is 3. The minimum Gasteiger partial charge on any atom is -0.219 e. The number of benzene rings is 1. The number of thioether (sulfide) groups is 1. The molecule has 2 rings (SSSR count). The molecule has 1 aromatic carbocycles. The Balaban J connectivity index is 2.14. The zero-order valence-corrected chi connectivity index (χ0v) is 12.7. The van der Waals surface area contributed by atoms with Gasteiger partial charge in [-0.25, -0.2) is 14.4 Å². The molecule has 0 fully saturated rings. The second kappa shape index (κ2) is 6.19. The monoisotopic (exact) mass is 366 g/mol. The van der Waals surface area contributed by atoms with Gasteiger partial charge in [0.25, 0.3) is 0 Å². The summed E-state index contributed by atoms with van der Waals surface area (Å²) in [4.78, 5) is 8.65. The maximum Gasteiger partial charge on any atom is 0.148 e. The molecule has 0 N–H and O–H groups in total. The normalized spacial score (nSPS) is 10.7. The van der Waals surface area contributed by atoms with Gasteiger partial charge >= 0.3 is 0 Å². The highest BCUT2D eigenvalue weighted by Gasteiger charge is 2.10. The van der Waals surface area contributed by atoms with Crippen molar-refractivity contribution in [3.63, 3.8) is 0 Å². The van der Waals surface area contributed by atoms with E-state index in [1.165, 1.54) is 17.8 Å². The summed E-state index contributed by atoms with van der Waals surface area (Å²) in [6.07, 6.45) is 0. The summed E-state index contributed by atoms with van der Waals surface area (Å²) in [5, 5.41) is 0.498. The average molecular weight is 368 g/mol. The van der Waals surface area contributed by atoms with Gasteiger partial charge in [0.15, 0.2) is 0 Å². The van der Waals surface area contributed by atoms with Crippen molar-refractivity contribution in [2.75, 3.05) is 0 Å². The molecule has 0 spiro atoms. The molecule has 0 atom stereocenters. The number of aromatic nitrogens is 2. The maximum atomic E-state index is 13.4. The molecule has 0 aliphatic carbocycles. The molecule has 0 radical (unpaired) electrons. The third kappa shape index (κ3) is 3.35. The van der Waals surface area contributed by atoms with Crippen LogP contribution in [0.25, 0.3) is 0 Å². The molecule has 0 amide bonds. The van der Waals surface area contributed by atoms with Crippen LogP contribution < -0.4 is 0 Å². The van der Waals surface area contributed by atoms with E-state index < -0.39 is 0 Å². The Morgan fingerprint density at radius 2 is 1.78 bits per heavy atom.